The molecule has 2 aromatic rings. The van der Waals surface area contributed by atoms with E-state index in [2.05, 4.69) is 0 Å². The van der Waals surface area contributed by atoms with E-state index in [1.165, 1.54) is 6.07 Å². The maximum Gasteiger partial charge on any atom is 0.359 e. The average Bonchev–Trinajstić information content (AvgIpc) is 2.52. The van der Waals surface area contributed by atoms with E-state index >= 15 is 0 Å². The lowest BCUT2D eigenvalue weighted by atomic mass is 9.93. The molecule has 122 valence electrons. The molecule has 0 heterocycles. The van der Waals surface area contributed by atoms with Crippen LogP contribution in [0.3, 0.4) is 0 Å². The number of benzene rings is 2. The molecule has 4 nitrogen and oxygen atoms in total. The minimum atomic E-state index is -4.01. The van der Waals surface area contributed by atoms with E-state index in [0.29, 0.717) is 5.56 Å². The lowest BCUT2D eigenvalue weighted by molar-refractivity contribution is 0.103. The second-order valence-electron chi connectivity index (χ2n) is 5.46. The van der Waals surface area contributed by atoms with E-state index in [0.717, 1.165) is 16.7 Å². The highest BCUT2D eigenvalue weighted by atomic mass is 31.2. The van der Waals surface area contributed by atoms with Crippen LogP contribution in [0.5, 0.6) is 0 Å². The Hall–Kier alpha value is -1.74. The van der Waals surface area contributed by atoms with Gasteiger partial charge >= 0.3 is 7.60 Å². The maximum absolute atomic E-state index is 12.9. The number of carbonyl (C=O) groups excluding carboxylic acids is 1. The third-order valence-corrected chi connectivity index (χ3v) is 5.67. The zero-order chi connectivity index (χ0) is 17.2. The first-order chi connectivity index (χ1) is 10.8. The summed E-state index contributed by atoms with van der Waals surface area (Å²) in [7, 11) is -4.01. The van der Waals surface area contributed by atoms with Crippen LogP contribution in [0.15, 0.2) is 36.4 Å². The van der Waals surface area contributed by atoms with Crippen molar-refractivity contribution in [3.05, 3.63) is 64.2 Å². The standard InChI is InChI=1S/C18H21O4P/c1-5-22-23(20,21)17-9-7-6-8-16(17)18(19)15-11-10-12(2)13(3)14(15)4/h6-11H,5H2,1-4H3,(H,20,21). The molecule has 5 heteroatoms. The fraction of sp³-hybridized carbons (Fsp3) is 0.278. The summed E-state index contributed by atoms with van der Waals surface area (Å²) in [6, 6.07) is 9.99. The van der Waals surface area contributed by atoms with Crippen molar-refractivity contribution in [1.82, 2.24) is 0 Å². The molecule has 0 aliphatic carbocycles. The van der Waals surface area contributed by atoms with Gasteiger partial charge in [-0.15, -0.1) is 0 Å². The van der Waals surface area contributed by atoms with E-state index in [4.69, 9.17) is 4.52 Å². The predicted molar refractivity (Wildman–Crippen MR) is 91.6 cm³/mol. The fourth-order valence-electron chi connectivity index (χ4n) is 2.50. The predicted octanol–water partition coefficient (Wildman–Crippen LogP) is 3.69. The number of hydrogen-bond donors (Lipinski definition) is 1. The molecular weight excluding hydrogens is 311 g/mol. The number of hydrogen-bond acceptors (Lipinski definition) is 3. The Labute approximate surface area is 136 Å². The first-order valence-corrected chi connectivity index (χ1v) is 9.05. The minimum absolute atomic E-state index is 0.0458. The molecule has 0 amide bonds. The van der Waals surface area contributed by atoms with E-state index in [1.54, 1.807) is 31.2 Å². The Kier molecular flexibility index (Phi) is 5.20. The van der Waals surface area contributed by atoms with Crippen LogP contribution in [0.4, 0.5) is 0 Å². The summed E-state index contributed by atoms with van der Waals surface area (Å²) in [5, 5.41) is 0.0458. The van der Waals surface area contributed by atoms with Crippen molar-refractivity contribution in [3.63, 3.8) is 0 Å². The van der Waals surface area contributed by atoms with Crippen LogP contribution in [0.1, 0.15) is 39.5 Å². The highest BCUT2D eigenvalue weighted by molar-refractivity contribution is 7.61. The summed E-state index contributed by atoms with van der Waals surface area (Å²) in [4.78, 5) is 23.0. The van der Waals surface area contributed by atoms with Crippen LogP contribution in [0.2, 0.25) is 0 Å². The fourth-order valence-corrected chi connectivity index (χ4v) is 3.75. The lowest BCUT2D eigenvalue weighted by Gasteiger charge is -2.16. The second-order valence-corrected chi connectivity index (χ2v) is 7.25. The molecule has 0 saturated heterocycles. The molecule has 1 atom stereocenters. The van der Waals surface area contributed by atoms with Gasteiger partial charge in [0.2, 0.25) is 0 Å². The largest absolute Gasteiger partial charge is 0.359 e. The van der Waals surface area contributed by atoms with Crippen molar-refractivity contribution in [3.8, 4) is 0 Å². The highest BCUT2D eigenvalue weighted by Crippen LogP contribution is 2.41. The maximum atomic E-state index is 12.9. The van der Waals surface area contributed by atoms with Crippen LogP contribution in [0.25, 0.3) is 0 Å². The quantitative estimate of drug-likeness (QED) is 0.670. The zero-order valence-electron chi connectivity index (χ0n) is 13.8. The van der Waals surface area contributed by atoms with Crippen LogP contribution in [-0.4, -0.2) is 17.3 Å². The van der Waals surface area contributed by atoms with Gasteiger partial charge in [0.15, 0.2) is 5.78 Å². The van der Waals surface area contributed by atoms with Crippen molar-refractivity contribution in [1.29, 1.82) is 0 Å². The second kappa shape index (κ2) is 6.79. The van der Waals surface area contributed by atoms with Crippen LogP contribution >= 0.6 is 7.60 Å². The van der Waals surface area contributed by atoms with Crippen molar-refractivity contribution in [2.45, 2.75) is 27.7 Å². The van der Waals surface area contributed by atoms with E-state index in [-0.39, 0.29) is 23.3 Å². The Morgan fingerprint density at radius 3 is 2.35 bits per heavy atom. The molecule has 1 N–H and O–H groups in total. The minimum Gasteiger partial charge on any atom is -0.321 e. The molecule has 0 radical (unpaired) electrons. The van der Waals surface area contributed by atoms with Gasteiger partial charge in [-0.3, -0.25) is 9.36 Å². The third-order valence-electron chi connectivity index (χ3n) is 4.06. The van der Waals surface area contributed by atoms with E-state index in [9.17, 15) is 14.3 Å². The van der Waals surface area contributed by atoms with Gasteiger partial charge in [-0.05, 0) is 50.5 Å². The van der Waals surface area contributed by atoms with E-state index in [1.807, 2.05) is 26.8 Å². The molecule has 2 rings (SSSR count). The zero-order valence-corrected chi connectivity index (χ0v) is 14.7. The smallest absolute Gasteiger partial charge is 0.321 e. The highest BCUT2D eigenvalue weighted by Gasteiger charge is 2.28. The summed E-state index contributed by atoms with van der Waals surface area (Å²) in [6.07, 6.45) is 0. The van der Waals surface area contributed by atoms with Gasteiger partial charge in [0.25, 0.3) is 0 Å². The summed E-state index contributed by atoms with van der Waals surface area (Å²) in [6.45, 7) is 7.57. The van der Waals surface area contributed by atoms with Gasteiger partial charge in [-0.2, -0.15) is 0 Å². The monoisotopic (exact) mass is 332 g/mol. The van der Waals surface area contributed by atoms with Gasteiger partial charge in [-0.25, -0.2) is 0 Å². The first-order valence-electron chi connectivity index (χ1n) is 7.48. The molecule has 0 fully saturated rings. The van der Waals surface area contributed by atoms with Gasteiger partial charge in [0.1, 0.15) is 0 Å². The molecule has 23 heavy (non-hydrogen) atoms. The molecule has 0 spiro atoms. The van der Waals surface area contributed by atoms with Crippen molar-refractivity contribution >= 4 is 18.7 Å². The summed E-state index contributed by atoms with van der Waals surface area (Å²) >= 11 is 0. The van der Waals surface area contributed by atoms with E-state index < -0.39 is 7.60 Å². The Morgan fingerprint density at radius 2 is 1.70 bits per heavy atom. The molecular formula is C18H21O4P. The van der Waals surface area contributed by atoms with Crippen LogP contribution < -0.4 is 5.30 Å². The van der Waals surface area contributed by atoms with Crippen LogP contribution in [-0.2, 0) is 9.09 Å². The van der Waals surface area contributed by atoms with Crippen molar-refractivity contribution in [2.75, 3.05) is 6.61 Å². The molecule has 0 aromatic heterocycles. The molecule has 0 aliphatic heterocycles. The lowest BCUT2D eigenvalue weighted by Crippen LogP contribution is -2.19. The molecule has 1 unspecified atom stereocenters. The third kappa shape index (κ3) is 3.45. The normalized spacial score (nSPS) is 13.6. The molecule has 0 saturated carbocycles. The summed E-state index contributed by atoms with van der Waals surface area (Å²) in [5.74, 6) is -0.268. The molecule has 0 aliphatic rings. The van der Waals surface area contributed by atoms with Gasteiger partial charge < -0.3 is 9.42 Å². The number of ketones is 1. The summed E-state index contributed by atoms with van der Waals surface area (Å²) < 4.78 is 17.3. The summed E-state index contributed by atoms with van der Waals surface area (Å²) in [5.41, 5.74) is 3.78. The Balaban J connectivity index is 2.58. The average molecular weight is 332 g/mol. The van der Waals surface area contributed by atoms with Crippen molar-refractivity contribution < 1.29 is 18.8 Å². The molecule has 0 bridgehead atoms. The molecule has 2 aromatic carbocycles. The number of rotatable bonds is 5. The Morgan fingerprint density at radius 1 is 1.04 bits per heavy atom. The number of carbonyl (C=O) groups is 1. The topological polar surface area (TPSA) is 63.6 Å². The van der Waals surface area contributed by atoms with Gasteiger partial charge in [-0.1, -0.05) is 30.3 Å². The van der Waals surface area contributed by atoms with Gasteiger partial charge in [0, 0.05) is 11.1 Å². The number of aryl methyl sites for hydroxylation is 1. The van der Waals surface area contributed by atoms with Crippen LogP contribution in [0, 0.1) is 20.8 Å². The SMILES string of the molecule is CCOP(=O)(O)c1ccccc1C(=O)c1ccc(C)c(C)c1C. The first kappa shape index (κ1) is 17.6. The van der Waals surface area contributed by atoms with Crippen molar-refractivity contribution in [2.24, 2.45) is 0 Å². The van der Waals surface area contributed by atoms with Gasteiger partial charge in [0.05, 0.1) is 11.9 Å². The Bertz CT molecular complexity index is 796.